The van der Waals surface area contributed by atoms with E-state index in [9.17, 15) is 10.0 Å². The fraction of sp³-hybridized carbons (Fsp3) is 0.381. The van der Waals surface area contributed by atoms with Gasteiger partial charge in [0.2, 0.25) is 0 Å². The smallest absolute Gasteiger partial charge is 0.338 e. The van der Waals surface area contributed by atoms with Crippen LogP contribution in [0.3, 0.4) is 0 Å². The van der Waals surface area contributed by atoms with Crippen molar-refractivity contribution >= 4 is 6.03 Å². The van der Waals surface area contributed by atoms with Crippen molar-refractivity contribution in [1.82, 2.24) is 5.06 Å². The lowest BCUT2D eigenvalue weighted by Gasteiger charge is -2.47. The molecule has 2 saturated carbocycles. The van der Waals surface area contributed by atoms with Crippen LogP contribution in [0.2, 0.25) is 0 Å². The van der Waals surface area contributed by atoms with Gasteiger partial charge in [0.25, 0.3) is 0 Å². The van der Waals surface area contributed by atoms with Crippen LogP contribution in [0, 0.1) is 5.41 Å². The maximum atomic E-state index is 11.1. The summed E-state index contributed by atoms with van der Waals surface area (Å²) in [5.74, 6) is 2.19. The highest BCUT2D eigenvalue weighted by atomic mass is 16.5. The Balaban J connectivity index is 1.40. The summed E-state index contributed by atoms with van der Waals surface area (Å²) < 4.78 is 5.95. The van der Waals surface area contributed by atoms with E-state index in [0.717, 1.165) is 43.6 Å². The first-order chi connectivity index (χ1) is 12.5. The molecule has 2 aliphatic carbocycles. The maximum absolute atomic E-state index is 11.1. The average Bonchev–Trinajstić information content (AvgIpc) is 3.07. The predicted molar refractivity (Wildman–Crippen MR) is 98.2 cm³/mol. The largest absolute Gasteiger partial charge is 0.457 e. The maximum Gasteiger partial charge on any atom is 0.338 e. The zero-order valence-electron chi connectivity index (χ0n) is 14.7. The molecular weight excluding hydrogens is 328 g/mol. The first kappa shape index (κ1) is 16.9. The number of nitrogens with zero attached hydrogens (tertiary/aromatic N) is 1. The Labute approximate surface area is 153 Å². The molecular formula is C21H24N2O3. The molecule has 5 heteroatoms. The Kier molecular flexibility index (Phi) is 4.32. The van der Waals surface area contributed by atoms with Crippen LogP contribution < -0.4 is 10.5 Å². The molecule has 3 N–H and O–H groups in total. The molecule has 0 heterocycles. The van der Waals surface area contributed by atoms with Crippen molar-refractivity contribution in [3.05, 3.63) is 60.2 Å². The summed E-state index contributed by atoms with van der Waals surface area (Å²) in [4.78, 5) is 11.1. The highest BCUT2D eigenvalue weighted by Crippen LogP contribution is 2.58. The Morgan fingerprint density at radius 1 is 1.08 bits per heavy atom. The van der Waals surface area contributed by atoms with Gasteiger partial charge in [0, 0.05) is 0 Å². The van der Waals surface area contributed by atoms with Gasteiger partial charge in [-0.15, -0.1) is 0 Å². The second-order valence-electron chi connectivity index (χ2n) is 7.67. The number of nitrogens with two attached hydrogens (primary N) is 1. The number of carbonyl (C=O) groups is 1. The number of rotatable bonds is 4. The SMILES string of the molecule is NC(=O)N(O)C1CC2(CCC(c3cccc(Oc4ccccc4)c3)C2)C1. The molecule has 1 unspecified atom stereocenters. The van der Waals surface area contributed by atoms with E-state index in [4.69, 9.17) is 10.5 Å². The van der Waals surface area contributed by atoms with E-state index in [1.807, 2.05) is 42.5 Å². The van der Waals surface area contributed by atoms with Gasteiger partial charge in [-0.3, -0.25) is 5.21 Å². The molecule has 2 aliphatic rings. The molecule has 5 nitrogen and oxygen atoms in total. The summed E-state index contributed by atoms with van der Waals surface area (Å²) in [6.45, 7) is 0. The number of amides is 2. The number of carbonyl (C=O) groups excluding carboxylic acids is 1. The van der Waals surface area contributed by atoms with Gasteiger partial charge in [-0.25, -0.2) is 9.86 Å². The molecule has 0 radical (unpaired) electrons. The molecule has 0 bridgehead atoms. The van der Waals surface area contributed by atoms with Crippen molar-refractivity contribution in [3.8, 4) is 11.5 Å². The number of ether oxygens (including phenoxy) is 1. The number of urea groups is 1. The van der Waals surface area contributed by atoms with Crippen LogP contribution in [-0.4, -0.2) is 22.3 Å². The number of benzene rings is 2. The molecule has 1 atom stereocenters. The Hall–Kier alpha value is -2.53. The first-order valence-corrected chi connectivity index (χ1v) is 9.15. The van der Waals surface area contributed by atoms with Gasteiger partial charge in [0.05, 0.1) is 6.04 Å². The predicted octanol–water partition coefficient (Wildman–Crippen LogP) is 4.67. The summed E-state index contributed by atoms with van der Waals surface area (Å²) in [5.41, 5.74) is 6.69. The molecule has 2 amide bonds. The number of hydrogen-bond acceptors (Lipinski definition) is 3. The lowest BCUT2D eigenvalue weighted by Crippen LogP contribution is -2.52. The van der Waals surface area contributed by atoms with Crippen molar-refractivity contribution in [1.29, 1.82) is 0 Å². The van der Waals surface area contributed by atoms with Gasteiger partial charge >= 0.3 is 6.03 Å². The molecule has 26 heavy (non-hydrogen) atoms. The highest BCUT2D eigenvalue weighted by molar-refractivity contribution is 5.71. The molecule has 2 aromatic rings. The third-order valence-corrected chi connectivity index (χ3v) is 5.92. The number of hydrogen-bond donors (Lipinski definition) is 2. The Bertz CT molecular complexity index is 787. The van der Waals surface area contributed by atoms with Crippen molar-refractivity contribution in [3.63, 3.8) is 0 Å². The van der Waals surface area contributed by atoms with Crippen LogP contribution in [0.1, 0.15) is 43.6 Å². The van der Waals surface area contributed by atoms with E-state index in [-0.39, 0.29) is 11.5 Å². The molecule has 2 fully saturated rings. The number of primary amides is 1. The topological polar surface area (TPSA) is 75.8 Å². The highest BCUT2D eigenvalue weighted by Gasteiger charge is 2.51. The van der Waals surface area contributed by atoms with Crippen molar-refractivity contribution in [2.75, 3.05) is 0 Å². The fourth-order valence-corrected chi connectivity index (χ4v) is 4.61. The van der Waals surface area contributed by atoms with Crippen LogP contribution in [0.25, 0.3) is 0 Å². The van der Waals surface area contributed by atoms with E-state index >= 15 is 0 Å². The Morgan fingerprint density at radius 3 is 2.54 bits per heavy atom. The van der Waals surface area contributed by atoms with E-state index in [2.05, 4.69) is 12.1 Å². The minimum Gasteiger partial charge on any atom is -0.457 e. The molecule has 0 saturated heterocycles. The minimum atomic E-state index is -0.759. The molecule has 0 aliphatic heterocycles. The van der Waals surface area contributed by atoms with Crippen molar-refractivity contribution in [2.24, 2.45) is 11.1 Å². The van der Waals surface area contributed by atoms with E-state index in [1.54, 1.807) is 0 Å². The zero-order valence-corrected chi connectivity index (χ0v) is 14.7. The lowest BCUT2D eigenvalue weighted by atomic mass is 9.63. The van der Waals surface area contributed by atoms with Gasteiger partial charge in [0.15, 0.2) is 0 Å². The van der Waals surface area contributed by atoms with E-state index in [0.29, 0.717) is 11.0 Å². The van der Waals surface area contributed by atoms with E-state index < -0.39 is 6.03 Å². The Morgan fingerprint density at radius 2 is 1.81 bits per heavy atom. The van der Waals surface area contributed by atoms with Gasteiger partial charge < -0.3 is 10.5 Å². The quantitative estimate of drug-likeness (QED) is 0.620. The normalized spacial score (nSPS) is 27.1. The third-order valence-electron chi connectivity index (χ3n) is 5.92. The molecule has 0 aromatic heterocycles. The van der Waals surface area contributed by atoms with Crippen LogP contribution in [0.5, 0.6) is 11.5 Å². The summed E-state index contributed by atoms with van der Waals surface area (Å²) in [6.07, 6.45) is 5.02. The van der Waals surface area contributed by atoms with Gasteiger partial charge in [-0.2, -0.15) is 0 Å². The number of para-hydroxylation sites is 1. The van der Waals surface area contributed by atoms with Gasteiger partial charge in [0.1, 0.15) is 11.5 Å². The second-order valence-corrected chi connectivity index (χ2v) is 7.67. The minimum absolute atomic E-state index is 0.126. The average molecular weight is 352 g/mol. The molecule has 136 valence electrons. The summed E-state index contributed by atoms with van der Waals surface area (Å²) in [6, 6.07) is 17.2. The summed E-state index contributed by atoms with van der Waals surface area (Å²) in [5, 5.41) is 10.4. The summed E-state index contributed by atoms with van der Waals surface area (Å²) in [7, 11) is 0. The van der Waals surface area contributed by atoms with E-state index in [1.165, 1.54) is 5.56 Å². The standard InChI is InChI=1S/C21H24N2O3/c22-20(24)23(25)17-13-21(14-17)10-9-16(12-21)15-5-4-8-19(11-15)26-18-6-2-1-3-7-18/h1-8,11,16-17,25H,9-10,12-14H2,(H2,22,24). The third kappa shape index (κ3) is 3.27. The summed E-state index contributed by atoms with van der Waals surface area (Å²) >= 11 is 0. The van der Waals surface area contributed by atoms with Gasteiger partial charge in [-0.1, -0.05) is 30.3 Å². The first-order valence-electron chi connectivity index (χ1n) is 9.15. The lowest BCUT2D eigenvalue weighted by molar-refractivity contribution is -0.133. The molecule has 4 rings (SSSR count). The van der Waals surface area contributed by atoms with Crippen molar-refractivity contribution in [2.45, 2.75) is 44.1 Å². The van der Waals surface area contributed by atoms with Crippen LogP contribution in [0.15, 0.2) is 54.6 Å². The van der Waals surface area contributed by atoms with Crippen LogP contribution in [-0.2, 0) is 0 Å². The van der Waals surface area contributed by atoms with Crippen LogP contribution in [0.4, 0.5) is 4.79 Å². The van der Waals surface area contributed by atoms with Gasteiger partial charge in [-0.05, 0) is 73.3 Å². The monoisotopic (exact) mass is 352 g/mol. The molecule has 2 aromatic carbocycles. The zero-order chi connectivity index (χ0) is 18.1. The van der Waals surface area contributed by atoms with Crippen LogP contribution >= 0.6 is 0 Å². The number of hydroxylamine groups is 2. The second kappa shape index (κ2) is 6.65. The fourth-order valence-electron chi connectivity index (χ4n) is 4.61. The van der Waals surface area contributed by atoms with Crippen molar-refractivity contribution < 1.29 is 14.7 Å². The molecule has 1 spiro atoms.